The number of rotatable bonds is 7. The molecule has 0 radical (unpaired) electrons. The van der Waals surface area contributed by atoms with Gasteiger partial charge in [0.1, 0.15) is 0 Å². The summed E-state index contributed by atoms with van der Waals surface area (Å²) in [6, 6.07) is 0.172. The maximum Gasteiger partial charge on any atom is 0.223 e. The van der Waals surface area contributed by atoms with Crippen molar-refractivity contribution in [2.75, 3.05) is 0 Å². The Morgan fingerprint density at radius 3 is 2.72 bits per heavy atom. The van der Waals surface area contributed by atoms with Crippen LogP contribution >= 0.6 is 12.2 Å². The Balaban J connectivity index is 2.49. The van der Waals surface area contributed by atoms with E-state index in [4.69, 9.17) is 18.0 Å². The first-order chi connectivity index (χ1) is 8.60. The van der Waals surface area contributed by atoms with Crippen molar-refractivity contribution in [2.24, 2.45) is 17.6 Å². The first kappa shape index (κ1) is 15.4. The molecular formula is C14H26N2OS. The Morgan fingerprint density at radius 2 is 2.17 bits per heavy atom. The third-order valence-electron chi connectivity index (χ3n) is 3.98. The number of hydrogen-bond donors (Lipinski definition) is 2. The van der Waals surface area contributed by atoms with Crippen LogP contribution in [0.2, 0.25) is 0 Å². The van der Waals surface area contributed by atoms with Gasteiger partial charge >= 0.3 is 0 Å². The summed E-state index contributed by atoms with van der Waals surface area (Å²) in [5.74, 6) is 0.546. The number of nitrogens with two attached hydrogens (primary N) is 1. The minimum atomic E-state index is 0.151. The molecule has 1 amide bonds. The van der Waals surface area contributed by atoms with Crippen LogP contribution in [0.15, 0.2) is 0 Å². The van der Waals surface area contributed by atoms with Gasteiger partial charge in [0.25, 0.3) is 0 Å². The van der Waals surface area contributed by atoms with E-state index in [0.717, 1.165) is 44.9 Å². The molecule has 0 aromatic carbocycles. The molecule has 0 aromatic heterocycles. The molecule has 3 nitrogen and oxygen atoms in total. The zero-order valence-electron chi connectivity index (χ0n) is 11.6. The summed E-state index contributed by atoms with van der Waals surface area (Å²) in [5, 5.41) is 3.16. The van der Waals surface area contributed by atoms with E-state index >= 15 is 0 Å². The Hall–Kier alpha value is -0.640. The molecular weight excluding hydrogens is 244 g/mol. The monoisotopic (exact) mass is 270 g/mol. The first-order valence-corrected chi connectivity index (χ1v) is 7.60. The van der Waals surface area contributed by atoms with E-state index in [9.17, 15) is 4.79 Å². The number of hydrogen-bond acceptors (Lipinski definition) is 2. The zero-order chi connectivity index (χ0) is 13.5. The van der Waals surface area contributed by atoms with E-state index < -0.39 is 0 Å². The van der Waals surface area contributed by atoms with Gasteiger partial charge in [0.2, 0.25) is 5.91 Å². The molecule has 0 aromatic rings. The van der Waals surface area contributed by atoms with Crippen molar-refractivity contribution in [1.29, 1.82) is 0 Å². The molecule has 3 unspecified atom stereocenters. The average Bonchev–Trinajstić information content (AvgIpc) is 2.78. The van der Waals surface area contributed by atoms with Gasteiger partial charge in [-0.25, -0.2) is 0 Å². The van der Waals surface area contributed by atoms with Crippen LogP contribution in [0.3, 0.4) is 0 Å². The number of nitrogens with one attached hydrogen (secondary N) is 1. The third kappa shape index (κ3) is 4.23. The highest BCUT2D eigenvalue weighted by Crippen LogP contribution is 2.26. The van der Waals surface area contributed by atoms with Gasteiger partial charge < -0.3 is 11.1 Å². The van der Waals surface area contributed by atoms with Gasteiger partial charge in [-0.15, -0.1) is 0 Å². The van der Waals surface area contributed by atoms with Crippen molar-refractivity contribution in [2.45, 2.75) is 64.8 Å². The van der Waals surface area contributed by atoms with Crippen molar-refractivity contribution in [3.8, 4) is 0 Å². The molecule has 0 bridgehead atoms. The van der Waals surface area contributed by atoms with E-state index in [0.29, 0.717) is 4.99 Å². The van der Waals surface area contributed by atoms with Crippen LogP contribution in [0, 0.1) is 11.8 Å². The smallest absolute Gasteiger partial charge is 0.223 e. The lowest BCUT2D eigenvalue weighted by Gasteiger charge is -2.23. The molecule has 4 heteroatoms. The van der Waals surface area contributed by atoms with Gasteiger partial charge in [-0.1, -0.05) is 45.3 Å². The number of carbonyl (C=O) groups excluding carboxylic acids is 1. The highest BCUT2D eigenvalue weighted by molar-refractivity contribution is 7.80. The van der Waals surface area contributed by atoms with Crippen LogP contribution in [0.25, 0.3) is 0 Å². The lowest BCUT2D eigenvalue weighted by atomic mass is 9.96. The van der Waals surface area contributed by atoms with Crippen LogP contribution in [0.4, 0.5) is 0 Å². The van der Waals surface area contributed by atoms with Crippen LogP contribution in [-0.4, -0.2) is 16.9 Å². The second kappa shape index (κ2) is 7.72. The van der Waals surface area contributed by atoms with Crippen LogP contribution < -0.4 is 11.1 Å². The van der Waals surface area contributed by atoms with Gasteiger partial charge in [-0.2, -0.15) is 0 Å². The summed E-state index contributed by atoms with van der Waals surface area (Å²) in [6.07, 6.45) is 7.31. The predicted molar refractivity (Wildman–Crippen MR) is 79.4 cm³/mol. The SMILES string of the molecule is CCCCC(CC)C(=O)NC1CCCC1C(N)=S. The Morgan fingerprint density at radius 1 is 1.44 bits per heavy atom. The maximum atomic E-state index is 12.2. The van der Waals surface area contributed by atoms with Gasteiger partial charge in [0, 0.05) is 17.9 Å². The molecule has 1 saturated carbocycles. The number of thiocarbonyl (C=S) groups is 1. The van der Waals surface area contributed by atoms with Gasteiger partial charge in [0.15, 0.2) is 0 Å². The van der Waals surface area contributed by atoms with Crippen LogP contribution in [0.1, 0.15) is 58.8 Å². The number of unbranched alkanes of at least 4 members (excludes halogenated alkanes) is 1. The maximum absolute atomic E-state index is 12.2. The molecule has 1 aliphatic carbocycles. The highest BCUT2D eigenvalue weighted by atomic mass is 32.1. The zero-order valence-corrected chi connectivity index (χ0v) is 12.4. The second-order valence-electron chi connectivity index (χ2n) is 5.30. The lowest BCUT2D eigenvalue weighted by Crippen LogP contribution is -2.44. The van der Waals surface area contributed by atoms with Crippen molar-refractivity contribution >= 4 is 23.1 Å². The summed E-state index contributed by atoms with van der Waals surface area (Å²) in [6.45, 7) is 4.24. The van der Waals surface area contributed by atoms with E-state index in [1.165, 1.54) is 0 Å². The van der Waals surface area contributed by atoms with Gasteiger partial charge in [-0.05, 0) is 25.7 Å². The van der Waals surface area contributed by atoms with Gasteiger partial charge in [-0.3, -0.25) is 4.79 Å². The lowest BCUT2D eigenvalue weighted by molar-refractivity contribution is -0.126. The fourth-order valence-electron chi connectivity index (χ4n) is 2.75. The molecule has 18 heavy (non-hydrogen) atoms. The molecule has 1 aliphatic rings. The minimum Gasteiger partial charge on any atom is -0.393 e. The van der Waals surface area contributed by atoms with Crippen molar-refractivity contribution < 1.29 is 4.79 Å². The van der Waals surface area contributed by atoms with E-state index in [2.05, 4.69) is 19.2 Å². The van der Waals surface area contributed by atoms with E-state index in [-0.39, 0.29) is 23.8 Å². The molecule has 0 saturated heterocycles. The standard InChI is InChI=1S/C14H26N2OS/c1-3-5-7-10(4-2)14(17)16-12-9-6-8-11(12)13(15)18/h10-12H,3-9H2,1-2H3,(H2,15,18)(H,16,17). The molecule has 104 valence electrons. The summed E-state index contributed by atoms with van der Waals surface area (Å²) >= 11 is 5.08. The Kier molecular flexibility index (Phi) is 6.61. The molecule has 0 spiro atoms. The van der Waals surface area contributed by atoms with E-state index in [1.807, 2.05) is 0 Å². The third-order valence-corrected chi connectivity index (χ3v) is 4.28. The van der Waals surface area contributed by atoms with Crippen molar-refractivity contribution in [3.05, 3.63) is 0 Å². The van der Waals surface area contributed by atoms with E-state index in [1.54, 1.807) is 0 Å². The largest absolute Gasteiger partial charge is 0.393 e. The van der Waals surface area contributed by atoms with Crippen LogP contribution in [0.5, 0.6) is 0 Å². The summed E-state index contributed by atoms with van der Waals surface area (Å²) in [5.41, 5.74) is 5.73. The normalized spacial score (nSPS) is 24.8. The first-order valence-electron chi connectivity index (χ1n) is 7.19. The topological polar surface area (TPSA) is 55.1 Å². The minimum absolute atomic E-state index is 0.151. The molecule has 3 N–H and O–H groups in total. The molecule has 0 aliphatic heterocycles. The molecule has 1 rings (SSSR count). The average molecular weight is 270 g/mol. The predicted octanol–water partition coefficient (Wildman–Crippen LogP) is 2.77. The molecule has 0 heterocycles. The Bertz CT molecular complexity index is 294. The Labute approximate surface area is 116 Å². The number of carbonyl (C=O) groups is 1. The fraction of sp³-hybridized carbons (Fsp3) is 0.857. The van der Waals surface area contributed by atoms with Crippen molar-refractivity contribution in [3.63, 3.8) is 0 Å². The number of amides is 1. The summed E-state index contributed by atoms with van der Waals surface area (Å²) in [4.78, 5) is 12.8. The van der Waals surface area contributed by atoms with Crippen LogP contribution in [-0.2, 0) is 4.79 Å². The fourth-order valence-corrected chi connectivity index (χ4v) is 3.03. The summed E-state index contributed by atoms with van der Waals surface area (Å²) < 4.78 is 0. The van der Waals surface area contributed by atoms with Gasteiger partial charge in [0.05, 0.1) is 4.99 Å². The van der Waals surface area contributed by atoms with Crippen molar-refractivity contribution in [1.82, 2.24) is 5.32 Å². The highest BCUT2D eigenvalue weighted by Gasteiger charge is 2.31. The second-order valence-corrected chi connectivity index (χ2v) is 5.77. The summed E-state index contributed by atoms with van der Waals surface area (Å²) in [7, 11) is 0. The quantitative estimate of drug-likeness (QED) is 0.699. The molecule has 1 fully saturated rings. The molecule has 3 atom stereocenters.